The zero-order valence-electron chi connectivity index (χ0n) is 16.0. The van der Waals surface area contributed by atoms with Crippen molar-refractivity contribution in [2.24, 2.45) is 0 Å². The number of hydrogen-bond donors (Lipinski definition) is 2. The van der Waals surface area contributed by atoms with Crippen molar-refractivity contribution in [1.29, 1.82) is 0 Å². The molecule has 0 saturated carbocycles. The Morgan fingerprint density at radius 1 is 1.07 bits per heavy atom. The summed E-state index contributed by atoms with van der Waals surface area (Å²) in [7, 11) is 0. The minimum absolute atomic E-state index is 0.0938. The Balaban J connectivity index is 1.69. The molecule has 2 aromatic rings. The molecule has 0 radical (unpaired) electrons. The van der Waals surface area contributed by atoms with E-state index >= 15 is 0 Å². The van der Waals surface area contributed by atoms with E-state index in [4.69, 9.17) is 0 Å². The highest BCUT2D eigenvalue weighted by atomic mass is 16.2. The SMILES string of the molecule is CCC(C)NC(=O)c1ccc(NC(=O)N2CCCCc3ccccc32)cc1. The van der Waals surface area contributed by atoms with Crippen molar-refractivity contribution in [3.63, 3.8) is 0 Å². The quantitative estimate of drug-likeness (QED) is 0.832. The van der Waals surface area contributed by atoms with Crippen molar-refractivity contribution < 1.29 is 9.59 Å². The number of nitrogens with one attached hydrogen (secondary N) is 2. The molecule has 0 aliphatic carbocycles. The molecule has 5 heteroatoms. The Morgan fingerprint density at radius 3 is 2.56 bits per heavy atom. The van der Waals surface area contributed by atoms with Gasteiger partial charge in [0.1, 0.15) is 0 Å². The van der Waals surface area contributed by atoms with Crippen molar-refractivity contribution in [2.45, 2.75) is 45.6 Å². The third-order valence-corrected chi connectivity index (χ3v) is 4.99. The van der Waals surface area contributed by atoms with E-state index in [1.54, 1.807) is 24.3 Å². The van der Waals surface area contributed by atoms with E-state index in [1.807, 2.05) is 36.9 Å². The largest absolute Gasteiger partial charge is 0.350 e. The number of para-hydroxylation sites is 1. The summed E-state index contributed by atoms with van der Waals surface area (Å²) in [5.41, 5.74) is 3.47. The number of aryl methyl sites for hydroxylation is 1. The molecule has 1 unspecified atom stereocenters. The third-order valence-electron chi connectivity index (χ3n) is 4.99. The molecule has 1 heterocycles. The Morgan fingerprint density at radius 2 is 1.81 bits per heavy atom. The summed E-state index contributed by atoms with van der Waals surface area (Å²) < 4.78 is 0. The van der Waals surface area contributed by atoms with Crippen molar-refractivity contribution >= 4 is 23.3 Å². The Hall–Kier alpha value is -2.82. The van der Waals surface area contributed by atoms with Crippen LogP contribution in [0.1, 0.15) is 49.0 Å². The summed E-state index contributed by atoms with van der Waals surface area (Å²) in [5.74, 6) is -0.0938. The average molecular weight is 365 g/mol. The van der Waals surface area contributed by atoms with Gasteiger partial charge in [-0.05, 0) is 68.5 Å². The molecule has 27 heavy (non-hydrogen) atoms. The van der Waals surface area contributed by atoms with Crippen LogP contribution in [-0.2, 0) is 6.42 Å². The lowest BCUT2D eigenvalue weighted by atomic mass is 10.1. The zero-order valence-corrected chi connectivity index (χ0v) is 16.0. The number of urea groups is 1. The summed E-state index contributed by atoms with van der Waals surface area (Å²) in [6, 6.07) is 15.1. The molecule has 0 spiro atoms. The predicted octanol–water partition coefficient (Wildman–Crippen LogP) is 4.59. The maximum atomic E-state index is 12.8. The molecule has 3 rings (SSSR count). The lowest BCUT2D eigenvalue weighted by Gasteiger charge is -2.23. The Kier molecular flexibility index (Phi) is 6.12. The van der Waals surface area contributed by atoms with Gasteiger partial charge in [0.25, 0.3) is 5.91 Å². The molecule has 0 fully saturated rings. The van der Waals surface area contributed by atoms with Gasteiger partial charge in [0.15, 0.2) is 0 Å². The van der Waals surface area contributed by atoms with Crippen LogP contribution in [0.4, 0.5) is 16.2 Å². The summed E-state index contributed by atoms with van der Waals surface area (Å²) in [4.78, 5) is 26.8. The minimum Gasteiger partial charge on any atom is -0.350 e. The molecule has 2 N–H and O–H groups in total. The van der Waals surface area contributed by atoms with Crippen molar-refractivity contribution in [3.8, 4) is 0 Å². The second kappa shape index (κ2) is 8.71. The molecular weight excluding hydrogens is 338 g/mol. The number of amides is 3. The Labute approximate surface area is 160 Å². The summed E-state index contributed by atoms with van der Waals surface area (Å²) in [6.45, 7) is 4.72. The van der Waals surface area contributed by atoms with Gasteiger partial charge >= 0.3 is 6.03 Å². The van der Waals surface area contributed by atoms with E-state index < -0.39 is 0 Å². The number of benzene rings is 2. The van der Waals surface area contributed by atoms with Crippen LogP contribution in [0.25, 0.3) is 0 Å². The first-order chi connectivity index (χ1) is 13.1. The fourth-order valence-corrected chi connectivity index (χ4v) is 3.21. The van der Waals surface area contributed by atoms with Gasteiger partial charge in [-0.15, -0.1) is 0 Å². The van der Waals surface area contributed by atoms with Gasteiger partial charge in [-0.3, -0.25) is 9.69 Å². The van der Waals surface area contributed by atoms with Crippen LogP contribution in [0.3, 0.4) is 0 Å². The predicted molar refractivity (Wildman–Crippen MR) is 109 cm³/mol. The molecule has 1 atom stereocenters. The second-order valence-electron chi connectivity index (χ2n) is 7.03. The van der Waals surface area contributed by atoms with Crippen LogP contribution in [-0.4, -0.2) is 24.5 Å². The van der Waals surface area contributed by atoms with Gasteiger partial charge in [0.2, 0.25) is 0 Å². The van der Waals surface area contributed by atoms with E-state index in [0.717, 1.165) is 31.4 Å². The summed E-state index contributed by atoms with van der Waals surface area (Å²) in [5, 5.41) is 5.89. The van der Waals surface area contributed by atoms with Crippen molar-refractivity contribution in [1.82, 2.24) is 5.32 Å². The maximum Gasteiger partial charge on any atom is 0.326 e. The Bertz CT molecular complexity index is 801. The second-order valence-corrected chi connectivity index (χ2v) is 7.03. The number of carbonyl (C=O) groups excluding carboxylic acids is 2. The third kappa shape index (κ3) is 4.67. The van der Waals surface area contributed by atoms with Gasteiger partial charge in [0, 0.05) is 29.5 Å². The van der Waals surface area contributed by atoms with Gasteiger partial charge < -0.3 is 10.6 Å². The fourth-order valence-electron chi connectivity index (χ4n) is 3.21. The summed E-state index contributed by atoms with van der Waals surface area (Å²) >= 11 is 0. The van der Waals surface area contributed by atoms with Crippen LogP contribution in [0.2, 0.25) is 0 Å². The van der Waals surface area contributed by atoms with E-state index in [1.165, 1.54) is 5.56 Å². The number of rotatable bonds is 4. The number of nitrogens with zero attached hydrogens (tertiary/aromatic N) is 1. The highest BCUT2D eigenvalue weighted by molar-refractivity contribution is 6.02. The zero-order chi connectivity index (χ0) is 19.2. The van der Waals surface area contributed by atoms with E-state index in [-0.39, 0.29) is 18.0 Å². The van der Waals surface area contributed by atoms with E-state index in [0.29, 0.717) is 17.8 Å². The van der Waals surface area contributed by atoms with Crippen LogP contribution in [0.15, 0.2) is 48.5 Å². The lowest BCUT2D eigenvalue weighted by Crippen LogP contribution is -2.35. The highest BCUT2D eigenvalue weighted by Gasteiger charge is 2.21. The molecule has 2 aromatic carbocycles. The van der Waals surface area contributed by atoms with Gasteiger partial charge in [-0.2, -0.15) is 0 Å². The lowest BCUT2D eigenvalue weighted by molar-refractivity contribution is 0.0939. The van der Waals surface area contributed by atoms with Crippen molar-refractivity contribution in [3.05, 3.63) is 59.7 Å². The molecule has 0 saturated heterocycles. The van der Waals surface area contributed by atoms with Gasteiger partial charge in [0.05, 0.1) is 0 Å². The number of carbonyl (C=O) groups is 2. The molecular formula is C22H27N3O2. The standard InChI is InChI=1S/C22H27N3O2/c1-3-16(2)23-21(26)18-11-13-19(14-12-18)24-22(27)25-15-7-6-9-17-8-4-5-10-20(17)25/h4-5,8,10-14,16H,3,6-7,9,15H2,1-2H3,(H,23,26)(H,24,27). The monoisotopic (exact) mass is 365 g/mol. The molecule has 142 valence electrons. The topological polar surface area (TPSA) is 61.4 Å². The van der Waals surface area contributed by atoms with Gasteiger partial charge in [-0.25, -0.2) is 4.79 Å². The normalized spacial score (nSPS) is 14.7. The molecule has 1 aliphatic rings. The highest BCUT2D eigenvalue weighted by Crippen LogP contribution is 2.26. The number of fused-ring (bicyclic) bond motifs is 1. The van der Waals surface area contributed by atoms with E-state index in [9.17, 15) is 9.59 Å². The first-order valence-electron chi connectivity index (χ1n) is 9.66. The molecule has 1 aliphatic heterocycles. The van der Waals surface area contributed by atoms with Crippen molar-refractivity contribution in [2.75, 3.05) is 16.8 Å². The fraction of sp³-hybridized carbons (Fsp3) is 0.364. The first-order valence-corrected chi connectivity index (χ1v) is 9.66. The van der Waals surface area contributed by atoms with E-state index in [2.05, 4.69) is 16.7 Å². The molecule has 0 bridgehead atoms. The number of hydrogen-bond acceptors (Lipinski definition) is 2. The summed E-state index contributed by atoms with van der Waals surface area (Å²) in [6.07, 6.45) is 3.95. The van der Waals surface area contributed by atoms with Gasteiger partial charge in [-0.1, -0.05) is 25.1 Å². The molecule has 3 amide bonds. The smallest absolute Gasteiger partial charge is 0.326 e. The number of anilines is 2. The average Bonchev–Trinajstić information content (AvgIpc) is 2.91. The first kappa shape index (κ1) is 19.0. The maximum absolute atomic E-state index is 12.8. The molecule has 5 nitrogen and oxygen atoms in total. The minimum atomic E-state index is -0.138. The van der Waals surface area contributed by atoms with Crippen LogP contribution in [0.5, 0.6) is 0 Å². The van der Waals surface area contributed by atoms with Crippen LogP contribution < -0.4 is 15.5 Å². The van der Waals surface area contributed by atoms with Crippen LogP contribution >= 0.6 is 0 Å². The van der Waals surface area contributed by atoms with Crippen LogP contribution in [0, 0.1) is 0 Å². The molecule has 0 aromatic heterocycles.